The molecule has 78 valence electrons. The van der Waals surface area contributed by atoms with Gasteiger partial charge in [0.1, 0.15) is 0 Å². The number of ether oxygens (including phenoxy) is 1. The normalized spacial score (nSPS) is 30.7. The van der Waals surface area contributed by atoms with Gasteiger partial charge < -0.3 is 14.7 Å². The summed E-state index contributed by atoms with van der Waals surface area (Å²) >= 11 is 0. The quantitative estimate of drug-likeness (QED) is 0.658. The first-order valence-corrected chi connectivity index (χ1v) is 5.22. The second-order valence-corrected chi connectivity index (χ2v) is 3.83. The molecule has 3 nitrogen and oxygen atoms in total. The van der Waals surface area contributed by atoms with Gasteiger partial charge in [-0.05, 0) is 19.3 Å². The molecule has 0 amide bonds. The van der Waals surface area contributed by atoms with Crippen molar-refractivity contribution < 1.29 is 9.84 Å². The molecule has 1 N–H and O–H groups in total. The lowest BCUT2D eigenvalue weighted by atomic mass is 9.97. The minimum atomic E-state index is -0.0941. The van der Waals surface area contributed by atoms with Crippen LogP contribution < -0.4 is 0 Å². The van der Waals surface area contributed by atoms with Crippen LogP contribution in [0.3, 0.4) is 0 Å². The van der Waals surface area contributed by atoms with E-state index < -0.39 is 0 Å². The summed E-state index contributed by atoms with van der Waals surface area (Å²) in [6.45, 7) is 8.77. The Bertz CT molecular complexity index is 141. The average molecular weight is 187 g/mol. The summed E-state index contributed by atoms with van der Waals surface area (Å²) in [7, 11) is 0. The number of nitrogens with zero attached hydrogens (tertiary/aromatic N) is 1. The standard InChI is InChI=1S/C10H21NO2/c1-3-13-7-6-11-5-4-10(12)9(2)8-11/h9-10,12H,3-8H2,1-2H3. The van der Waals surface area contributed by atoms with Crippen molar-refractivity contribution in [3.05, 3.63) is 0 Å². The van der Waals surface area contributed by atoms with E-state index in [4.69, 9.17) is 4.74 Å². The van der Waals surface area contributed by atoms with Crippen molar-refractivity contribution in [3.8, 4) is 0 Å². The monoisotopic (exact) mass is 187 g/mol. The van der Waals surface area contributed by atoms with E-state index in [0.29, 0.717) is 5.92 Å². The first-order chi connectivity index (χ1) is 6.24. The Morgan fingerprint density at radius 3 is 2.92 bits per heavy atom. The van der Waals surface area contributed by atoms with Crippen molar-refractivity contribution in [2.45, 2.75) is 26.4 Å². The van der Waals surface area contributed by atoms with Crippen molar-refractivity contribution in [2.75, 3.05) is 32.8 Å². The van der Waals surface area contributed by atoms with Crippen molar-refractivity contribution in [3.63, 3.8) is 0 Å². The largest absolute Gasteiger partial charge is 0.393 e. The molecule has 2 unspecified atom stereocenters. The third-order valence-corrected chi connectivity index (χ3v) is 2.70. The third-order valence-electron chi connectivity index (χ3n) is 2.70. The van der Waals surface area contributed by atoms with E-state index in [1.54, 1.807) is 0 Å². The van der Waals surface area contributed by atoms with Crippen molar-refractivity contribution >= 4 is 0 Å². The zero-order chi connectivity index (χ0) is 9.68. The summed E-state index contributed by atoms with van der Waals surface area (Å²) in [5.41, 5.74) is 0. The van der Waals surface area contributed by atoms with Gasteiger partial charge in [0.15, 0.2) is 0 Å². The van der Waals surface area contributed by atoms with Crippen LogP contribution in [0.5, 0.6) is 0 Å². The summed E-state index contributed by atoms with van der Waals surface area (Å²) in [6.07, 6.45) is 0.816. The third kappa shape index (κ3) is 3.63. The minimum absolute atomic E-state index is 0.0941. The molecule has 0 bridgehead atoms. The van der Waals surface area contributed by atoms with E-state index in [0.717, 1.165) is 39.3 Å². The summed E-state index contributed by atoms with van der Waals surface area (Å²) in [6, 6.07) is 0. The van der Waals surface area contributed by atoms with Gasteiger partial charge in [0, 0.05) is 26.2 Å². The van der Waals surface area contributed by atoms with E-state index in [1.165, 1.54) is 0 Å². The summed E-state index contributed by atoms with van der Waals surface area (Å²) in [5, 5.41) is 9.51. The smallest absolute Gasteiger partial charge is 0.0593 e. The summed E-state index contributed by atoms with van der Waals surface area (Å²) in [5.74, 6) is 0.412. The molecular weight excluding hydrogens is 166 g/mol. The van der Waals surface area contributed by atoms with Gasteiger partial charge in [-0.2, -0.15) is 0 Å². The molecule has 0 spiro atoms. The number of hydrogen-bond donors (Lipinski definition) is 1. The van der Waals surface area contributed by atoms with Crippen LogP contribution in [0.15, 0.2) is 0 Å². The molecule has 1 fully saturated rings. The van der Waals surface area contributed by atoms with E-state index in [9.17, 15) is 5.11 Å². The molecule has 0 aromatic rings. The predicted molar refractivity (Wildman–Crippen MR) is 52.7 cm³/mol. The van der Waals surface area contributed by atoms with E-state index in [-0.39, 0.29) is 6.10 Å². The molecule has 0 radical (unpaired) electrons. The number of likely N-dealkylation sites (tertiary alicyclic amines) is 1. The number of piperidine rings is 1. The van der Waals surface area contributed by atoms with Gasteiger partial charge in [0.2, 0.25) is 0 Å². The van der Waals surface area contributed by atoms with Crippen molar-refractivity contribution in [1.29, 1.82) is 0 Å². The Hall–Kier alpha value is -0.120. The minimum Gasteiger partial charge on any atom is -0.393 e. The first kappa shape index (κ1) is 11.0. The van der Waals surface area contributed by atoms with Gasteiger partial charge in [-0.3, -0.25) is 0 Å². The maximum absolute atomic E-state index is 9.51. The lowest BCUT2D eigenvalue weighted by Crippen LogP contribution is -2.43. The van der Waals surface area contributed by atoms with Crippen LogP contribution in [0.1, 0.15) is 20.3 Å². The highest BCUT2D eigenvalue weighted by molar-refractivity contribution is 4.76. The zero-order valence-corrected chi connectivity index (χ0v) is 8.70. The summed E-state index contributed by atoms with van der Waals surface area (Å²) < 4.78 is 5.29. The highest BCUT2D eigenvalue weighted by Gasteiger charge is 2.23. The second kappa shape index (κ2) is 5.58. The van der Waals surface area contributed by atoms with E-state index in [2.05, 4.69) is 11.8 Å². The van der Waals surface area contributed by atoms with Gasteiger partial charge in [0.05, 0.1) is 12.7 Å². The maximum atomic E-state index is 9.51. The second-order valence-electron chi connectivity index (χ2n) is 3.83. The molecule has 1 aliphatic heterocycles. The summed E-state index contributed by atoms with van der Waals surface area (Å²) in [4.78, 5) is 2.37. The molecule has 0 saturated carbocycles. The number of aliphatic hydroxyl groups excluding tert-OH is 1. The Morgan fingerprint density at radius 1 is 1.54 bits per heavy atom. The highest BCUT2D eigenvalue weighted by atomic mass is 16.5. The average Bonchev–Trinajstić information content (AvgIpc) is 2.12. The van der Waals surface area contributed by atoms with Crippen LogP contribution in [0, 0.1) is 5.92 Å². The van der Waals surface area contributed by atoms with Crippen LogP contribution in [0.25, 0.3) is 0 Å². The molecule has 0 aliphatic carbocycles. The predicted octanol–water partition coefficient (Wildman–Crippen LogP) is 0.726. The molecule has 1 saturated heterocycles. The van der Waals surface area contributed by atoms with Crippen LogP contribution in [0.4, 0.5) is 0 Å². The Kier molecular flexibility index (Phi) is 4.70. The molecule has 3 heteroatoms. The Balaban J connectivity index is 2.14. The molecule has 1 heterocycles. The fourth-order valence-corrected chi connectivity index (χ4v) is 1.76. The topological polar surface area (TPSA) is 32.7 Å². The molecule has 0 aromatic carbocycles. The Labute approximate surface area is 80.7 Å². The van der Waals surface area contributed by atoms with E-state index in [1.807, 2.05) is 6.92 Å². The Morgan fingerprint density at radius 2 is 2.31 bits per heavy atom. The van der Waals surface area contributed by atoms with Crippen LogP contribution >= 0.6 is 0 Å². The number of hydrogen-bond acceptors (Lipinski definition) is 3. The van der Waals surface area contributed by atoms with Gasteiger partial charge >= 0.3 is 0 Å². The van der Waals surface area contributed by atoms with Gasteiger partial charge in [0.25, 0.3) is 0 Å². The van der Waals surface area contributed by atoms with Crippen molar-refractivity contribution in [1.82, 2.24) is 4.90 Å². The molecule has 2 atom stereocenters. The van der Waals surface area contributed by atoms with Crippen LogP contribution in [-0.4, -0.2) is 49.0 Å². The van der Waals surface area contributed by atoms with Crippen molar-refractivity contribution in [2.24, 2.45) is 5.92 Å². The first-order valence-electron chi connectivity index (χ1n) is 5.22. The van der Waals surface area contributed by atoms with Gasteiger partial charge in [-0.1, -0.05) is 6.92 Å². The van der Waals surface area contributed by atoms with Gasteiger partial charge in [-0.15, -0.1) is 0 Å². The van der Waals surface area contributed by atoms with Crippen LogP contribution in [-0.2, 0) is 4.74 Å². The highest BCUT2D eigenvalue weighted by Crippen LogP contribution is 2.15. The zero-order valence-electron chi connectivity index (χ0n) is 8.70. The number of aliphatic hydroxyl groups is 1. The van der Waals surface area contributed by atoms with Crippen LogP contribution in [0.2, 0.25) is 0 Å². The van der Waals surface area contributed by atoms with Gasteiger partial charge in [-0.25, -0.2) is 0 Å². The molecular formula is C10H21NO2. The van der Waals surface area contributed by atoms with E-state index >= 15 is 0 Å². The maximum Gasteiger partial charge on any atom is 0.0593 e. The fourth-order valence-electron chi connectivity index (χ4n) is 1.76. The number of rotatable bonds is 4. The lowest BCUT2D eigenvalue weighted by molar-refractivity contribution is 0.0215. The fraction of sp³-hybridized carbons (Fsp3) is 1.00. The SMILES string of the molecule is CCOCCN1CCC(O)C(C)C1. The molecule has 13 heavy (non-hydrogen) atoms. The molecule has 1 aliphatic rings. The molecule has 1 rings (SSSR count). The lowest BCUT2D eigenvalue weighted by Gasteiger charge is -2.34. The molecule has 0 aromatic heterocycles.